The number of nitrogens with one attached hydrogen (secondary N) is 1. The Labute approximate surface area is 115 Å². The summed E-state index contributed by atoms with van der Waals surface area (Å²) in [6, 6.07) is 6.91. The van der Waals surface area contributed by atoms with E-state index in [2.05, 4.69) is 35.3 Å². The van der Waals surface area contributed by atoms with Crippen molar-refractivity contribution < 1.29 is 4.74 Å². The zero-order chi connectivity index (χ0) is 13.1. The third kappa shape index (κ3) is 3.10. The summed E-state index contributed by atoms with van der Waals surface area (Å²) in [4.78, 5) is 2.52. The molecule has 0 saturated carbocycles. The van der Waals surface area contributed by atoms with Gasteiger partial charge >= 0.3 is 0 Å². The number of rotatable bonds is 3. The van der Waals surface area contributed by atoms with Gasteiger partial charge in [0.15, 0.2) is 0 Å². The Morgan fingerprint density at radius 1 is 1.42 bits per heavy atom. The molecule has 0 aliphatic carbocycles. The van der Waals surface area contributed by atoms with Gasteiger partial charge in [0.2, 0.25) is 0 Å². The Hall–Kier alpha value is -1.06. The molecule has 2 aliphatic rings. The third-order valence-electron chi connectivity index (χ3n) is 4.19. The Bertz CT molecular complexity index is 433. The van der Waals surface area contributed by atoms with Crippen LogP contribution in [0.4, 0.5) is 5.69 Å². The van der Waals surface area contributed by atoms with E-state index in [1.54, 1.807) is 0 Å². The van der Waals surface area contributed by atoms with E-state index in [0.717, 1.165) is 39.2 Å². The van der Waals surface area contributed by atoms with Crippen molar-refractivity contribution in [2.75, 3.05) is 31.6 Å². The fraction of sp³-hybridized carbons (Fsp3) is 0.625. The number of aryl methyl sites for hydroxylation is 1. The van der Waals surface area contributed by atoms with Crippen LogP contribution in [0.3, 0.4) is 0 Å². The summed E-state index contributed by atoms with van der Waals surface area (Å²) in [5.74, 6) is 0. The lowest BCUT2D eigenvalue weighted by atomic mass is 10.0. The number of anilines is 1. The topological polar surface area (TPSA) is 24.5 Å². The van der Waals surface area contributed by atoms with Crippen LogP contribution in [0.2, 0.25) is 0 Å². The maximum atomic E-state index is 5.73. The molecular formula is C16H24N2O. The van der Waals surface area contributed by atoms with Gasteiger partial charge < -0.3 is 10.1 Å². The van der Waals surface area contributed by atoms with Gasteiger partial charge in [-0.05, 0) is 36.5 Å². The molecule has 1 saturated heterocycles. The van der Waals surface area contributed by atoms with Gasteiger partial charge in [0.25, 0.3) is 0 Å². The van der Waals surface area contributed by atoms with Crippen LogP contribution >= 0.6 is 0 Å². The predicted molar refractivity (Wildman–Crippen MR) is 78.6 cm³/mol. The standard InChI is InChI=1S/C16H24N2O/c1-2-15-12-18(8-9-19-15)11-13-5-6-16-14(10-13)4-3-7-17-16/h5-6,10,15,17H,2-4,7-9,11-12H2,1H3. The first-order valence-corrected chi connectivity index (χ1v) is 7.55. The molecule has 3 nitrogen and oxygen atoms in total. The van der Waals surface area contributed by atoms with E-state index in [0.29, 0.717) is 6.10 Å². The first-order valence-electron chi connectivity index (χ1n) is 7.55. The summed E-state index contributed by atoms with van der Waals surface area (Å²) in [5, 5.41) is 3.48. The van der Waals surface area contributed by atoms with Crippen LogP contribution in [-0.2, 0) is 17.7 Å². The number of hydrogen-bond donors (Lipinski definition) is 1. The summed E-state index contributed by atoms with van der Waals surface area (Å²) >= 11 is 0. The molecule has 3 rings (SSSR count). The number of ether oxygens (including phenoxy) is 1. The van der Waals surface area contributed by atoms with E-state index >= 15 is 0 Å². The fourth-order valence-electron chi connectivity index (χ4n) is 3.06. The largest absolute Gasteiger partial charge is 0.385 e. The van der Waals surface area contributed by atoms with Crippen molar-refractivity contribution in [1.29, 1.82) is 0 Å². The van der Waals surface area contributed by atoms with E-state index in [-0.39, 0.29) is 0 Å². The summed E-state index contributed by atoms with van der Waals surface area (Å²) in [6.45, 7) is 7.41. The maximum absolute atomic E-state index is 5.73. The van der Waals surface area contributed by atoms with Crippen LogP contribution in [-0.4, -0.2) is 37.2 Å². The number of benzene rings is 1. The summed E-state index contributed by atoms with van der Waals surface area (Å²) in [6.07, 6.45) is 4.01. The SMILES string of the molecule is CCC1CN(Cc2ccc3c(c2)CCCN3)CCO1. The van der Waals surface area contributed by atoms with Crippen LogP contribution in [0.15, 0.2) is 18.2 Å². The smallest absolute Gasteiger partial charge is 0.0700 e. The lowest BCUT2D eigenvalue weighted by molar-refractivity contribution is -0.0324. The second-order valence-corrected chi connectivity index (χ2v) is 5.66. The molecule has 1 unspecified atom stereocenters. The molecule has 3 heteroatoms. The number of fused-ring (bicyclic) bond motifs is 1. The molecule has 1 aromatic carbocycles. The zero-order valence-electron chi connectivity index (χ0n) is 11.8. The maximum Gasteiger partial charge on any atom is 0.0700 e. The van der Waals surface area contributed by atoms with Gasteiger partial charge in [-0.15, -0.1) is 0 Å². The molecule has 104 valence electrons. The number of hydrogen-bond acceptors (Lipinski definition) is 3. The van der Waals surface area contributed by atoms with Crippen LogP contribution in [0.25, 0.3) is 0 Å². The van der Waals surface area contributed by atoms with Crippen molar-refractivity contribution in [3.63, 3.8) is 0 Å². The molecule has 1 fully saturated rings. The predicted octanol–water partition coefficient (Wildman–Crippen LogP) is 2.66. The monoisotopic (exact) mass is 260 g/mol. The van der Waals surface area contributed by atoms with E-state index < -0.39 is 0 Å². The molecule has 0 aromatic heterocycles. The van der Waals surface area contributed by atoms with Crippen LogP contribution in [0, 0.1) is 0 Å². The highest BCUT2D eigenvalue weighted by atomic mass is 16.5. The van der Waals surface area contributed by atoms with Crippen molar-refractivity contribution in [3.8, 4) is 0 Å². The van der Waals surface area contributed by atoms with Crippen molar-refractivity contribution in [2.45, 2.75) is 38.8 Å². The quantitative estimate of drug-likeness (QED) is 0.904. The van der Waals surface area contributed by atoms with Crippen LogP contribution < -0.4 is 5.32 Å². The molecule has 0 bridgehead atoms. The molecule has 2 aliphatic heterocycles. The van der Waals surface area contributed by atoms with E-state index in [4.69, 9.17) is 4.74 Å². The highest BCUT2D eigenvalue weighted by molar-refractivity contribution is 5.54. The minimum absolute atomic E-state index is 0.424. The van der Waals surface area contributed by atoms with Gasteiger partial charge in [-0.25, -0.2) is 0 Å². The molecule has 0 spiro atoms. The molecule has 0 amide bonds. The average Bonchev–Trinajstić information content (AvgIpc) is 2.47. The van der Waals surface area contributed by atoms with Crippen molar-refractivity contribution >= 4 is 5.69 Å². The van der Waals surface area contributed by atoms with Gasteiger partial charge in [-0.3, -0.25) is 4.90 Å². The van der Waals surface area contributed by atoms with Gasteiger partial charge in [-0.2, -0.15) is 0 Å². The van der Waals surface area contributed by atoms with Gasteiger partial charge in [0.05, 0.1) is 12.7 Å². The van der Waals surface area contributed by atoms with Crippen LogP contribution in [0.1, 0.15) is 30.9 Å². The zero-order valence-corrected chi connectivity index (χ0v) is 11.8. The van der Waals surface area contributed by atoms with Crippen LogP contribution in [0.5, 0.6) is 0 Å². The second-order valence-electron chi connectivity index (χ2n) is 5.66. The normalized spacial score (nSPS) is 23.7. The van der Waals surface area contributed by atoms with Gasteiger partial charge in [0, 0.05) is 31.9 Å². The molecule has 0 radical (unpaired) electrons. The first kappa shape index (κ1) is 12.9. The molecular weight excluding hydrogens is 236 g/mol. The van der Waals surface area contributed by atoms with E-state index in [1.165, 1.54) is 29.7 Å². The molecule has 19 heavy (non-hydrogen) atoms. The van der Waals surface area contributed by atoms with Gasteiger partial charge in [-0.1, -0.05) is 19.1 Å². The van der Waals surface area contributed by atoms with Gasteiger partial charge in [0.1, 0.15) is 0 Å². The summed E-state index contributed by atoms with van der Waals surface area (Å²) in [7, 11) is 0. The highest BCUT2D eigenvalue weighted by Crippen LogP contribution is 2.24. The third-order valence-corrected chi connectivity index (χ3v) is 4.19. The minimum atomic E-state index is 0.424. The lowest BCUT2D eigenvalue weighted by Gasteiger charge is -2.32. The van der Waals surface area contributed by atoms with Crippen molar-refractivity contribution in [2.24, 2.45) is 0 Å². The Morgan fingerprint density at radius 2 is 2.37 bits per heavy atom. The van der Waals surface area contributed by atoms with Crippen molar-refractivity contribution in [3.05, 3.63) is 29.3 Å². The minimum Gasteiger partial charge on any atom is -0.385 e. The molecule has 1 atom stereocenters. The van der Waals surface area contributed by atoms with E-state index in [1.807, 2.05) is 0 Å². The lowest BCUT2D eigenvalue weighted by Crippen LogP contribution is -2.41. The van der Waals surface area contributed by atoms with E-state index in [9.17, 15) is 0 Å². The average molecular weight is 260 g/mol. The number of nitrogens with zero attached hydrogens (tertiary/aromatic N) is 1. The molecule has 2 heterocycles. The number of morpholine rings is 1. The Kier molecular flexibility index (Phi) is 4.04. The first-order chi connectivity index (χ1) is 9.35. The second kappa shape index (κ2) is 5.93. The summed E-state index contributed by atoms with van der Waals surface area (Å²) in [5.41, 5.74) is 4.27. The fourth-order valence-corrected chi connectivity index (χ4v) is 3.06. The molecule has 1 N–H and O–H groups in total. The van der Waals surface area contributed by atoms with Crippen molar-refractivity contribution in [1.82, 2.24) is 4.90 Å². The highest BCUT2D eigenvalue weighted by Gasteiger charge is 2.19. The molecule has 1 aromatic rings. The Balaban J connectivity index is 1.66. The summed E-state index contributed by atoms with van der Waals surface area (Å²) < 4.78 is 5.73. The Morgan fingerprint density at radius 3 is 3.26 bits per heavy atom.